The molecule has 0 saturated carbocycles. The van der Waals surface area contributed by atoms with E-state index in [2.05, 4.69) is 26.2 Å². The van der Waals surface area contributed by atoms with Crippen molar-refractivity contribution in [2.45, 2.75) is 13.0 Å². The summed E-state index contributed by atoms with van der Waals surface area (Å²) < 4.78 is 0. The first-order chi connectivity index (χ1) is 18.5. The summed E-state index contributed by atoms with van der Waals surface area (Å²) in [6.45, 7) is 5.50. The van der Waals surface area contributed by atoms with E-state index in [1.165, 1.54) is 0 Å². The van der Waals surface area contributed by atoms with Crippen LogP contribution in [0.25, 0.3) is 0 Å². The molecular formula is C29H30ClN5O3. The number of nitrogens with one attached hydrogen (secondary N) is 1. The number of halogens is 1. The molecule has 8 nitrogen and oxygen atoms in total. The van der Waals surface area contributed by atoms with Gasteiger partial charge in [-0.3, -0.25) is 19.4 Å². The van der Waals surface area contributed by atoms with E-state index < -0.39 is 11.9 Å². The van der Waals surface area contributed by atoms with Gasteiger partial charge in [-0.15, -0.1) is 0 Å². The SMILES string of the molecule is O=C(NCCCN1CCN(c2cccc(Cl)c2)CC1)c1ccc(CN2C(=O)N=C3C=CC=CC3C2=O)cc1. The lowest BCUT2D eigenvalue weighted by Gasteiger charge is -2.36. The second-order valence-electron chi connectivity index (χ2n) is 9.58. The molecule has 3 aliphatic rings. The fourth-order valence-corrected chi connectivity index (χ4v) is 5.06. The lowest BCUT2D eigenvalue weighted by Crippen LogP contribution is -2.47. The van der Waals surface area contributed by atoms with Crippen molar-refractivity contribution in [1.29, 1.82) is 0 Å². The zero-order chi connectivity index (χ0) is 26.5. The first-order valence-corrected chi connectivity index (χ1v) is 13.2. The molecule has 1 atom stereocenters. The molecule has 1 saturated heterocycles. The van der Waals surface area contributed by atoms with Crippen LogP contribution < -0.4 is 10.2 Å². The Labute approximate surface area is 227 Å². The molecule has 0 aromatic heterocycles. The van der Waals surface area contributed by atoms with E-state index in [-0.39, 0.29) is 18.4 Å². The number of nitrogens with zero attached hydrogens (tertiary/aromatic N) is 4. The fraction of sp³-hybridized carbons (Fsp3) is 0.310. The summed E-state index contributed by atoms with van der Waals surface area (Å²) in [5.74, 6) is -0.941. The number of allylic oxidation sites excluding steroid dienone is 3. The monoisotopic (exact) mass is 531 g/mol. The molecule has 1 aliphatic carbocycles. The first-order valence-electron chi connectivity index (χ1n) is 12.9. The maximum Gasteiger partial charge on any atom is 0.350 e. The summed E-state index contributed by atoms with van der Waals surface area (Å²) in [5, 5.41) is 3.74. The van der Waals surface area contributed by atoms with Gasteiger partial charge in [-0.25, -0.2) is 4.79 Å². The number of hydrogen-bond donors (Lipinski definition) is 1. The molecule has 2 aliphatic heterocycles. The molecule has 0 bridgehead atoms. The molecule has 38 heavy (non-hydrogen) atoms. The third-order valence-electron chi connectivity index (χ3n) is 7.03. The Morgan fingerprint density at radius 3 is 2.58 bits per heavy atom. The van der Waals surface area contributed by atoms with E-state index in [0.29, 0.717) is 17.8 Å². The van der Waals surface area contributed by atoms with Gasteiger partial charge in [-0.05, 0) is 54.9 Å². The Bertz CT molecular complexity index is 1300. The van der Waals surface area contributed by atoms with Crippen molar-refractivity contribution in [3.05, 3.63) is 89.0 Å². The minimum absolute atomic E-state index is 0.120. The van der Waals surface area contributed by atoms with Gasteiger partial charge in [0.1, 0.15) is 0 Å². The van der Waals surface area contributed by atoms with E-state index in [1.54, 1.807) is 48.6 Å². The highest BCUT2D eigenvalue weighted by Crippen LogP contribution is 2.22. The third-order valence-corrected chi connectivity index (χ3v) is 7.26. The van der Waals surface area contributed by atoms with E-state index >= 15 is 0 Å². The van der Waals surface area contributed by atoms with Gasteiger partial charge in [-0.1, -0.05) is 48.0 Å². The first kappa shape index (κ1) is 25.9. The van der Waals surface area contributed by atoms with Crippen LogP contribution in [0.2, 0.25) is 5.02 Å². The topological polar surface area (TPSA) is 85.3 Å². The molecule has 0 spiro atoms. The summed E-state index contributed by atoms with van der Waals surface area (Å²) in [6.07, 6.45) is 7.85. The lowest BCUT2D eigenvalue weighted by molar-refractivity contribution is -0.129. The smallest absolute Gasteiger partial charge is 0.350 e. The van der Waals surface area contributed by atoms with Crippen LogP contribution in [0.4, 0.5) is 10.5 Å². The normalized spacial score (nSPS) is 19.4. The van der Waals surface area contributed by atoms with Gasteiger partial charge in [0, 0.05) is 49.0 Å². The number of carbonyl (C=O) groups excluding carboxylic acids is 3. The predicted octanol–water partition coefficient (Wildman–Crippen LogP) is 3.93. The molecule has 4 amide bonds. The molecule has 9 heteroatoms. The summed E-state index contributed by atoms with van der Waals surface area (Å²) in [7, 11) is 0. The van der Waals surface area contributed by atoms with Gasteiger partial charge < -0.3 is 10.2 Å². The highest BCUT2D eigenvalue weighted by molar-refractivity contribution is 6.30. The van der Waals surface area contributed by atoms with Crippen LogP contribution >= 0.6 is 11.6 Å². The molecule has 0 radical (unpaired) electrons. The second-order valence-corrected chi connectivity index (χ2v) is 10.0. The van der Waals surface area contributed by atoms with Crippen molar-refractivity contribution in [2.24, 2.45) is 10.9 Å². The van der Waals surface area contributed by atoms with Gasteiger partial charge in [0.25, 0.3) is 5.91 Å². The highest BCUT2D eigenvalue weighted by atomic mass is 35.5. The lowest BCUT2D eigenvalue weighted by atomic mass is 9.95. The molecule has 2 heterocycles. The van der Waals surface area contributed by atoms with Gasteiger partial charge in [0.2, 0.25) is 5.91 Å². The average Bonchev–Trinajstić information content (AvgIpc) is 2.94. The number of piperazine rings is 1. The minimum atomic E-state index is -0.561. The Morgan fingerprint density at radius 1 is 1.03 bits per heavy atom. The number of rotatable bonds is 8. The van der Waals surface area contributed by atoms with Crippen molar-refractivity contribution in [3.8, 4) is 0 Å². The summed E-state index contributed by atoms with van der Waals surface area (Å²) in [4.78, 5) is 47.7. The molecular weight excluding hydrogens is 502 g/mol. The minimum Gasteiger partial charge on any atom is -0.369 e. The van der Waals surface area contributed by atoms with Crippen molar-refractivity contribution < 1.29 is 14.4 Å². The van der Waals surface area contributed by atoms with Crippen LogP contribution in [0.15, 0.2) is 77.8 Å². The number of carbonyl (C=O) groups is 3. The molecule has 2 aromatic rings. The van der Waals surface area contributed by atoms with E-state index in [4.69, 9.17) is 11.6 Å². The number of aliphatic imine (C=N–C) groups is 1. The zero-order valence-electron chi connectivity index (χ0n) is 21.1. The van der Waals surface area contributed by atoms with Crippen LogP contribution in [0.5, 0.6) is 0 Å². The van der Waals surface area contributed by atoms with E-state index in [0.717, 1.165) is 60.3 Å². The summed E-state index contributed by atoms with van der Waals surface area (Å²) in [5.41, 5.74) is 2.94. The number of fused-ring (bicyclic) bond motifs is 1. The number of hydrogen-bond acceptors (Lipinski definition) is 5. The fourth-order valence-electron chi connectivity index (χ4n) is 4.88. The van der Waals surface area contributed by atoms with E-state index in [9.17, 15) is 14.4 Å². The van der Waals surface area contributed by atoms with Crippen molar-refractivity contribution in [2.75, 3.05) is 44.2 Å². The van der Waals surface area contributed by atoms with Gasteiger partial charge in [0.15, 0.2) is 0 Å². The predicted molar refractivity (Wildman–Crippen MR) is 149 cm³/mol. The molecule has 1 N–H and O–H groups in total. The Hall–Kier alpha value is -3.75. The number of amides is 4. The van der Waals surface area contributed by atoms with Gasteiger partial charge in [0.05, 0.1) is 18.2 Å². The molecule has 196 valence electrons. The maximum absolute atomic E-state index is 12.8. The number of imide groups is 1. The van der Waals surface area contributed by atoms with Crippen molar-refractivity contribution in [3.63, 3.8) is 0 Å². The van der Waals surface area contributed by atoms with Crippen molar-refractivity contribution >= 4 is 40.8 Å². The molecule has 1 fully saturated rings. The Morgan fingerprint density at radius 2 is 1.82 bits per heavy atom. The molecule has 2 aromatic carbocycles. The van der Waals surface area contributed by atoms with Crippen LogP contribution in [0, 0.1) is 5.92 Å². The summed E-state index contributed by atoms with van der Waals surface area (Å²) in [6, 6.07) is 14.4. The molecule has 5 rings (SSSR count). The largest absolute Gasteiger partial charge is 0.369 e. The standard InChI is InChI=1S/C29H30ClN5O3/c30-23-5-3-6-24(19-23)34-17-15-33(16-18-34)14-4-13-31-27(36)22-11-9-21(10-12-22)20-35-28(37)25-7-1-2-8-26(25)32-29(35)38/h1-3,5-12,19,25H,4,13-18,20H2,(H,31,36). The van der Waals surface area contributed by atoms with Crippen LogP contribution in [-0.4, -0.2) is 72.6 Å². The van der Waals surface area contributed by atoms with Crippen LogP contribution in [0.1, 0.15) is 22.3 Å². The van der Waals surface area contributed by atoms with Gasteiger partial charge >= 0.3 is 6.03 Å². The number of benzene rings is 2. The number of anilines is 1. The second kappa shape index (κ2) is 11.8. The Balaban J connectivity index is 1.04. The quantitative estimate of drug-likeness (QED) is 0.522. The number of urea groups is 1. The average molecular weight is 532 g/mol. The Kier molecular flexibility index (Phi) is 8.00. The van der Waals surface area contributed by atoms with Crippen molar-refractivity contribution in [1.82, 2.24) is 15.1 Å². The highest BCUT2D eigenvalue weighted by Gasteiger charge is 2.35. The third kappa shape index (κ3) is 6.03. The van der Waals surface area contributed by atoms with Crippen LogP contribution in [-0.2, 0) is 11.3 Å². The van der Waals surface area contributed by atoms with Gasteiger partial charge in [-0.2, -0.15) is 4.99 Å². The van der Waals surface area contributed by atoms with E-state index in [1.807, 2.05) is 18.2 Å². The summed E-state index contributed by atoms with van der Waals surface area (Å²) >= 11 is 6.12. The maximum atomic E-state index is 12.8. The van der Waals surface area contributed by atoms with Crippen LogP contribution in [0.3, 0.4) is 0 Å². The zero-order valence-corrected chi connectivity index (χ0v) is 21.8. The molecule has 1 unspecified atom stereocenters.